The lowest BCUT2D eigenvalue weighted by Gasteiger charge is -2.08. The van der Waals surface area contributed by atoms with Crippen molar-refractivity contribution in [2.75, 3.05) is 27.7 Å². The second kappa shape index (κ2) is 6.89. The van der Waals surface area contributed by atoms with Crippen LogP contribution in [0.5, 0.6) is 5.75 Å². The number of carbonyl (C=O) groups is 1. The monoisotopic (exact) mass is 322 g/mol. The highest BCUT2D eigenvalue weighted by molar-refractivity contribution is 6.03. The lowest BCUT2D eigenvalue weighted by Crippen LogP contribution is -2.15. The summed E-state index contributed by atoms with van der Waals surface area (Å²) in [7, 11) is 5.76. The summed E-state index contributed by atoms with van der Waals surface area (Å²) in [5, 5.41) is 1.07. The molecule has 0 aliphatic heterocycles. The third-order valence-corrected chi connectivity index (χ3v) is 4.16. The molecule has 0 unspecified atom stereocenters. The Hall–Kier alpha value is -2.59. The van der Waals surface area contributed by atoms with Crippen molar-refractivity contribution in [3.05, 3.63) is 65.9 Å². The standard InChI is InChI=1S/C20H22N2O2/c1-21(2)12-11-16-14-22(20(23)15-7-5-4-6-8-15)19-10-9-17(24-3)13-18(16)19/h4-10,13-14H,11-12H2,1-3H3. The van der Waals surface area contributed by atoms with Crippen LogP contribution in [0.3, 0.4) is 0 Å². The van der Waals surface area contributed by atoms with Crippen molar-refractivity contribution < 1.29 is 9.53 Å². The Morgan fingerprint density at radius 1 is 1.12 bits per heavy atom. The maximum absolute atomic E-state index is 12.9. The van der Waals surface area contributed by atoms with Gasteiger partial charge < -0.3 is 9.64 Å². The number of aromatic nitrogens is 1. The zero-order valence-corrected chi connectivity index (χ0v) is 14.3. The van der Waals surface area contributed by atoms with Gasteiger partial charge in [-0.05, 0) is 56.4 Å². The average Bonchev–Trinajstić information content (AvgIpc) is 2.97. The summed E-state index contributed by atoms with van der Waals surface area (Å²) in [5.41, 5.74) is 2.75. The minimum Gasteiger partial charge on any atom is -0.497 e. The number of ether oxygens (including phenoxy) is 1. The SMILES string of the molecule is COc1ccc2c(c1)c(CCN(C)C)cn2C(=O)c1ccccc1. The average molecular weight is 322 g/mol. The molecule has 0 saturated carbocycles. The summed E-state index contributed by atoms with van der Waals surface area (Å²) < 4.78 is 7.10. The number of methoxy groups -OCH3 is 1. The Morgan fingerprint density at radius 2 is 1.88 bits per heavy atom. The molecule has 0 aliphatic rings. The van der Waals surface area contributed by atoms with Gasteiger partial charge in [0.1, 0.15) is 5.75 Å². The molecule has 4 nitrogen and oxygen atoms in total. The second-order valence-corrected chi connectivity index (χ2v) is 6.13. The highest BCUT2D eigenvalue weighted by atomic mass is 16.5. The molecular formula is C20H22N2O2. The first kappa shape index (κ1) is 16.3. The molecule has 0 atom stereocenters. The van der Waals surface area contributed by atoms with Crippen molar-refractivity contribution >= 4 is 16.8 Å². The van der Waals surface area contributed by atoms with Gasteiger partial charge >= 0.3 is 0 Å². The minimum atomic E-state index is -0.0122. The number of nitrogens with zero attached hydrogens (tertiary/aromatic N) is 2. The van der Waals surface area contributed by atoms with Gasteiger partial charge in [0, 0.05) is 23.7 Å². The largest absolute Gasteiger partial charge is 0.497 e. The molecule has 0 radical (unpaired) electrons. The maximum atomic E-state index is 12.9. The highest BCUT2D eigenvalue weighted by Crippen LogP contribution is 2.27. The van der Waals surface area contributed by atoms with Crippen molar-refractivity contribution in [2.45, 2.75) is 6.42 Å². The fourth-order valence-electron chi connectivity index (χ4n) is 2.84. The molecule has 0 aliphatic carbocycles. The summed E-state index contributed by atoms with van der Waals surface area (Å²) >= 11 is 0. The van der Waals surface area contributed by atoms with Gasteiger partial charge in [0.25, 0.3) is 5.91 Å². The van der Waals surface area contributed by atoms with Crippen LogP contribution in [0.15, 0.2) is 54.7 Å². The normalized spacial score (nSPS) is 11.2. The molecule has 2 aromatic carbocycles. The van der Waals surface area contributed by atoms with E-state index >= 15 is 0 Å². The summed E-state index contributed by atoms with van der Waals surface area (Å²) in [4.78, 5) is 15.0. The van der Waals surface area contributed by atoms with E-state index in [1.807, 2.05) is 54.7 Å². The van der Waals surface area contributed by atoms with Crippen LogP contribution in [0.4, 0.5) is 0 Å². The van der Waals surface area contributed by atoms with Crippen LogP contribution in [0.2, 0.25) is 0 Å². The second-order valence-electron chi connectivity index (χ2n) is 6.13. The summed E-state index contributed by atoms with van der Waals surface area (Å²) in [6, 6.07) is 15.2. The first-order chi connectivity index (χ1) is 11.6. The minimum absolute atomic E-state index is 0.0122. The smallest absolute Gasteiger partial charge is 0.262 e. The van der Waals surface area contributed by atoms with E-state index in [-0.39, 0.29) is 5.91 Å². The molecule has 24 heavy (non-hydrogen) atoms. The lowest BCUT2D eigenvalue weighted by molar-refractivity contribution is 0.0965. The number of hydrogen-bond donors (Lipinski definition) is 0. The quantitative estimate of drug-likeness (QED) is 0.722. The molecule has 0 fully saturated rings. The van der Waals surface area contributed by atoms with Crippen molar-refractivity contribution in [3.63, 3.8) is 0 Å². The lowest BCUT2D eigenvalue weighted by atomic mass is 10.1. The molecule has 1 heterocycles. The maximum Gasteiger partial charge on any atom is 0.262 e. The van der Waals surface area contributed by atoms with Crippen molar-refractivity contribution in [1.82, 2.24) is 9.47 Å². The summed E-state index contributed by atoms with van der Waals surface area (Å²) in [6.45, 7) is 0.926. The number of hydrogen-bond acceptors (Lipinski definition) is 3. The Labute approximate surface area is 142 Å². The van der Waals surface area contributed by atoms with Gasteiger partial charge in [0.05, 0.1) is 12.6 Å². The summed E-state index contributed by atoms with van der Waals surface area (Å²) in [5.74, 6) is 0.792. The Morgan fingerprint density at radius 3 is 2.54 bits per heavy atom. The van der Waals surface area contributed by atoms with Gasteiger partial charge in [-0.25, -0.2) is 0 Å². The fraction of sp³-hybridized carbons (Fsp3) is 0.250. The van der Waals surface area contributed by atoms with Gasteiger partial charge in [0.2, 0.25) is 0 Å². The summed E-state index contributed by atoms with van der Waals surface area (Å²) in [6.07, 6.45) is 2.84. The number of benzene rings is 2. The van der Waals surface area contributed by atoms with Crippen molar-refractivity contribution in [3.8, 4) is 5.75 Å². The highest BCUT2D eigenvalue weighted by Gasteiger charge is 2.16. The number of likely N-dealkylation sites (N-methyl/N-ethyl adjacent to an activating group) is 1. The number of carbonyl (C=O) groups excluding carboxylic acids is 1. The van der Waals surface area contributed by atoms with Crippen LogP contribution in [0, 0.1) is 0 Å². The van der Waals surface area contributed by atoms with Crippen molar-refractivity contribution in [1.29, 1.82) is 0 Å². The molecule has 3 rings (SSSR count). The van der Waals surface area contributed by atoms with Gasteiger partial charge in [-0.3, -0.25) is 9.36 Å². The predicted molar refractivity (Wildman–Crippen MR) is 96.9 cm³/mol. The predicted octanol–water partition coefficient (Wildman–Crippen LogP) is 3.44. The van der Waals surface area contributed by atoms with E-state index in [1.54, 1.807) is 11.7 Å². The molecule has 0 bridgehead atoms. The Bertz CT molecular complexity index is 851. The van der Waals surface area contributed by atoms with Gasteiger partial charge in [-0.1, -0.05) is 18.2 Å². The molecule has 0 amide bonds. The zero-order valence-electron chi connectivity index (χ0n) is 14.3. The molecule has 1 aromatic heterocycles. The van der Waals surface area contributed by atoms with E-state index in [2.05, 4.69) is 19.0 Å². The molecule has 0 saturated heterocycles. The number of rotatable bonds is 5. The number of fused-ring (bicyclic) bond motifs is 1. The van der Waals surface area contributed by atoms with E-state index in [0.717, 1.165) is 35.2 Å². The van der Waals surface area contributed by atoms with Crippen molar-refractivity contribution in [2.24, 2.45) is 0 Å². The third kappa shape index (κ3) is 3.19. The Kier molecular flexibility index (Phi) is 4.67. The fourth-order valence-corrected chi connectivity index (χ4v) is 2.84. The molecule has 3 aromatic rings. The zero-order chi connectivity index (χ0) is 17.1. The van der Waals surface area contributed by atoms with E-state index < -0.39 is 0 Å². The van der Waals surface area contributed by atoms with Crippen LogP contribution < -0.4 is 4.74 Å². The molecule has 0 N–H and O–H groups in total. The molecule has 124 valence electrons. The van der Waals surface area contributed by atoms with E-state index in [9.17, 15) is 4.79 Å². The molecule has 4 heteroatoms. The van der Waals surface area contributed by atoms with Crippen LogP contribution in [-0.4, -0.2) is 43.1 Å². The Balaban J connectivity index is 2.09. The van der Waals surface area contributed by atoms with Crippen LogP contribution >= 0.6 is 0 Å². The van der Waals surface area contributed by atoms with Gasteiger partial charge in [-0.2, -0.15) is 0 Å². The van der Waals surface area contributed by atoms with E-state index in [1.165, 1.54) is 0 Å². The first-order valence-electron chi connectivity index (χ1n) is 8.02. The van der Waals surface area contributed by atoms with E-state index in [4.69, 9.17) is 4.74 Å². The van der Waals surface area contributed by atoms with Gasteiger partial charge in [-0.15, -0.1) is 0 Å². The molecule has 0 spiro atoms. The van der Waals surface area contributed by atoms with Crippen LogP contribution in [-0.2, 0) is 6.42 Å². The van der Waals surface area contributed by atoms with Crippen LogP contribution in [0.1, 0.15) is 15.9 Å². The topological polar surface area (TPSA) is 34.5 Å². The molecular weight excluding hydrogens is 300 g/mol. The third-order valence-electron chi connectivity index (χ3n) is 4.16. The first-order valence-corrected chi connectivity index (χ1v) is 8.02. The van der Waals surface area contributed by atoms with Gasteiger partial charge in [0.15, 0.2) is 0 Å². The van der Waals surface area contributed by atoms with Crippen LogP contribution in [0.25, 0.3) is 10.9 Å². The van der Waals surface area contributed by atoms with E-state index in [0.29, 0.717) is 5.56 Å².